The van der Waals surface area contributed by atoms with Crippen LogP contribution in [0.5, 0.6) is 0 Å². The van der Waals surface area contributed by atoms with Gasteiger partial charge in [-0.15, -0.1) is 0 Å². The van der Waals surface area contributed by atoms with Gasteiger partial charge in [-0.2, -0.15) is 0 Å². The van der Waals surface area contributed by atoms with Gasteiger partial charge >= 0.3 is 6.09 Å². The molecule has 1 aromatic heterocycles. The van der Waals surface area contributed by atoms with Crippen molar-refractivity contribution in [2.45, 2.75) is 37.3 Å². The van der Waals surface area contributed by atoms with E-state index < -0.39 is 0 Å². The molecule has 3 saturated heterocycles. The molecular weight excluding hydrogens is 332 g/mol. The van der Waals surface area contributed by atoms with Crippen LogP contribution in [0.1, 0.15) is 36.2 Å². The number of hydrogen-bond acceptors (Lipinski definition) is 5. The lowest BCUT2D eigenvalue weighted by molar-refractivity contribution is -0.0313. The summed E-state index contributed by atoms with van der Waals surface area (Å²) >= 11 is 0. The van der Waals surface area contributed by atoms with Gasteiger partial charge in [-0.05, 0) is 44.4 Å². The van der Waals surface area contributed by atoms with Crippen LogP contribution in [0, 0.1) is 0 Å². The molecule has 0 radical (unpaired) electrons. The number of carbonyl (C=O) groups is 2. The molecule has 7 nitrogen and oxygen atoms in total. The van der Waals surface area contributed by atoms with Crippen LogP contribution in [0.25, 0.3) is 0 Å². The third-order valence-corrected chi connectivity index (χ3v) is 5.86. The van der Waals surface area contributed by atoms with E-state index in [1.165, 1.54) is 0 Å². The number of piperidine rings is 2. The fraction of sp³-hybridized carbons (Fsp3) is 0.632. The highest BCUT2D eigenvalue weighted by Crippen LogP contribution is 2.33. The monoisotopic (exact) mass is 358 g/mol. The van der Waals surface area contributed by atoms with E-state index in [9.17, 15) is 9.59 Å². The van der Waals surface area contributed by atoms with Crippen LogP contribution in [0.3, 0.4) is 0 Å². The van der Waals surface area contributed by atoms with Gasteiger partial charge in [-0.3, -0.25) is 14.7 Å². The molecule has 26 heavy (non-hydrogen) atoms. The molecular formula is C19H26N4O3. The van der Waals surface area contributed by atoms with Crippen LogP contribution < -0.4 is 0 Å². The molecule has 140 valence electrons. The van der Waals surface area contributed by atoms with Crippen LogP contribution in [-0.2, 0) is 4.74 Å². The third kappa shape index (κ3) is 3.28. The summed E-state index contributed by atoms with van der Waals surface area (Å²) in [6.07, 6.45) is 5.36. The van der Waals surface area contributed by atoms with E-state index in [0.717, 1.165) is 51.9 Å². The number of hydrogen-bond donors (Lipinski definition) is 0. The van der Waals surface area contributed by atoms with Crippen molar-refractivity contribution in [3.63, 3.8) is 0 Å². The van der Waals surface area contributed by atoms with Crippen LogP contribution in [0.15, 0.2) is 24.4 Å². The molecule has 2 amide bonds. The Labute approximate surface area is 153 Å². The van der Waals surface area contributed by atoms with Gasteiger partial charge in [0.25, 0.3) is 5.91 Å². The summed E-state index contributed by atoms with van der Waals surface area (Å²) in [5.74, 6) is 0.0190. The topological polar surface area (TPSA) is 66.0 Å². The molecule has 0 saturated carbocycles. The van der Waals surface area contributed by atoms with Crippen molar-refractivity contribution < 1.29 is 14.3 Å². The first-order valence-corrected chi connectivity index (χ1v) is 9.45. The predicted octanol–water partition coefficient (Wildman–Crippen LogP) is 1.60. The Balaban J connectivity index is 1.35. The molecule has 0 aliphatic carbocycles. The Morgan fingerprint density at radius 3 is 2.69 bits per heavy atom. The number of likely N-dealkylation sites (N-methyl/N-ethyl adjacent to an activating group) is 1. The number of ether oxygens (including phenoxy) is 1. The first-order valence-electron chi connectivity index (χ1n) is 9.45. The van der Waals surface area contributed by atoms with Gasteiger partial charge in [-0.1, -0.05) is 6.07 Å². The minimum absolute atomic E-state index is 0.0190. The maximum atomic E-state index is 12.5. The Kier molecular flexibility index (Phi) is 4.56. The summed E-state index contributed by atoms with van der Waals surface area (Å²) < 4.78 is 5.71. The average molecular weight is 358 g/mol. The van der Waals surface area contributed by atoms with E-state index in [1.807, 2.05) is 17.0 Å². The highest BCUT2D eigenvalue weighted by atomic mass is 16.6. The molecule has 4 heterocycles. The summed E-state index contributed by atoms with van der Waals surface area (Å²) in [5, 5.41) is 0. The Hall–Kier alpha value is -2.15. The number of aromatic nitrogens is 1. The Morgan fingerprint density at radius 2 is 2.04 bits per heavy atom. The molecule has 1 atom stereocenters. The maximum Gasteiger partial charge on any atom is 0.410 e. The Bertz CT molecular complexity index is 675. The molecule has 1 unspecified atom stereocenters. The minimum atomic E-state index is -0.342. The van der Waals surface area contributed by atoms with Crippen LogP contribution in [-0.4, -0.2) is 83.1 Å². The van der Waals surface area contributed by atoms with Gasteiger partial charge < -0.3 is 14.5 Å². The lowest BCUT2D eigenvalue weighted by Gasteiger charge is -2.44. The van der Waals surface area contributed by atoms with Crippen LogP contribution in [0.4, 0.5) is 4.79 Å². The summed E-state index contributed by atoms with van der Waals surface area (Å²) in [6.45, 7) is 4.04. The summed E-state index contributed by atoms with van der Waals surface area (Å²) in [4.78, 5) is 34.6. The molecule has 3 aliphatic heterocycles. The highest BCUT2D eigenvalue weighted by Gasteiger charge is 2.47. The maximum absolute atomic E-state index is 12.5. The second kappa shape index (κ2) is 6.87. The van der Waals surface area contributed by atoms with Crippen molar-refractivity contribution in [3.8, 4) is 0 Å². The summed E-state index contributed by atoms with van der Waals surface area (Å²) in [6, 6.07) is 5.89. The van der Waals surface area contributed by atoms with Gasteiger partial charge in [0.05, 0.1) is 6.54 Å². The Morgan fingerprint density at radius 1 is 1.23 bits per heavy atom. The van der Waals surface area contributed by atoms with Crippen molar-refractivity contribution in [3.05, 3.63) is 30.1 Å². The number of amides is 2. The van der Waals surface area contributed by atoms with E-state index in [2.05, 4.69) is 9.88 Å². The standard InChI is InChI=1S/C19H26N4O3/c1-21-13-19(26-18(21)25)8-4-10-23(14-19)15-6-11-22(12-7-15)17(24)16-5-2-3-9-20-16/h2-3,5,9,15H,4,6-8,10-14H2,1H3. The van der Waals surface area contributed by atoms with Gasteiger partial charge in [0.2, 0.25) is 0 Å². The van der Waals surface area contributed by atoms with Crippen molar-refractivity contribution in [1.29, 1.82) is 0 Å². The number of likely N-dealkylation sites (tertiary alicyclic amines) is 2. The largest absolute Gasteiger partial charge is 0.440 e. The molecule has 4 rings (SSSR count). The SMILES string of the molecule is CN1CC2(CCCN(C3CCN(C(=O)c4ccccn4)CC3)C2)OC1=O. The highest BCUT2D eigenvalue weighted by molar-refractivity contribution is 5.92. The van der Waals surface area contributed by atoms with Gasteiger partial charge in [0.1, 0.15) is 11.3 Å². The molecule has 3 aliphatic rings. The fourth-order valence-electron chi connectivity index (χ4n) is 4.53. The number of pyridine rings is 1. The summed E-state index contributed by atoms with van der Waals surface area (Å²) in [5.41, 5.74) is 0.175. The van der Waals surface area contributed by atoms with Crippen LogP contribution >= 0.6 is 0 Å². The van der Waals surface area contributed by atoms with Crippen molar-refractivity contribution in [1.82, 2.24) is 19.7 Å². The lowest BCUT2D eigenvalue weighted by atomic mass is 9.90. The normalized spacial score (nSPS) is 27.8. The zero-order chi connectivity index (χ0) is 18.1. The second-order valence-electron chi connectivity index (χ2n) is 7.72. The van der Waals surface area contributed by atoms with E-state index >= 15 is 0 Å². The molecule has 1 spiro atoms. The lowest BCUT2D eigenvalue weighted by Crippen LogP contribution is -2.56. The van der Waals surface area contributed by atoms with E-state index in [1.54, 1.807) is 24.2 Å². The molecule has 0 N–H and O–H groups in total. The second-order valence-corrected chi connectivity index (χ2v) is 7.72. The van der Waals surface area contributed by atoms with E-state index in [-0.39, 0.29) is 17.6 Å². The number of rotatable bonds is 2. The smallest absolute Gasteiger partial charge is 0.410 e. The summed E-state index contributed by atoms with van der Waals surface area (Å²) in [7, 11) is 1.80. The molecule has 7 heteroatoms. The average Bonchev–Trinajstić information content (AvgIpc) is 2.94. The van der Waals surface area contributed by atoms with Gasteiger partial charge in [-0.25, -0.2) is 4.79 Å². The molecule has 0 aromatic carbocycles. The van der Waals surface area contributed by atoms with Crippen molar-refractivity contribution in [2.24, 2.45) is 0 Å². The molecule has 1 aromatic rings. The van der Waals surface area contributed by atoms with Gasteiger partial charge in [0.15, 0.2) is 0 Å². The number of carbonyl (C=O) groups excluding carboxylic acids is 2. The van der Waals surface area contributed by atoms with E-state index in [0.29, 0.717) is 18.3 Å². The first-order chi connectivity index (χ1) is 12.6. The predicted molar refractivity (Wildman–Crippen MR) is 95.8 cm³/mol. The first kappa shape index (κ1) is 17.3. The van der Waals surface area contributed by atoms with Crippen molar-refractivity contribution in [2.75, 3.05) is 39.8 Å². The quantitative estimate of drug-likeness (QED) is 0.803. The fourth-order valence-corrected chi connectivity index (χ4v) is 4.53. The third-order valence-electron chi connectivity index (χ3n) is 5.86. The zero-order valence-electron chi connectivity index (χ0n) is 15.3. The molecule has 3 fully saturated rings. The number of nitrogens with zero attached hydrogens (tertiary/aromatic N) is 4. The van der Waals surface area contributed by atoms with Crippen LogP contribution in [0.2, 0.25) is 0 Å². The minimum Gasteiger partial charge on any atom is -0.440 e. The molecule has 0 bridgehead atoms. The van der Waals surface area contributed by atoms with E-state index in [4.69, 9.17) is 4.74 Å². The van der Waals surface area contributed by atoms with Crippen molar-refractivity contribution >= 4 is 12.0 Å². The van der Waals surface area contributed by atoms with Gasteiger partial charge in [0, 0.05) is 38.9 Å². The zero-order valence-corrected chi connectivity index (χ0v) is 15.3.